The molecule has 3 rings (SSSR count). The summed E-state index contributed by atoms with van der Waals surface area (Å²) in [6, 6.07) is 16.9. The lowest BCUT2D eigenvalue weighted by molar-refractivity contribution is -0.125. The summed E-state index contributed by atoms with van der Waals surface area (Å²) < 4.78 is 5.00. The lowest BCUT2D eigenvalue weighted by atomic mass is 9.88. The lowest BCUT2D eigenvalue weighted by Gasteiger charge is -2.18. The number of carbonyl (C=O) groups is 2. The molecule has 0 radical (unpaired) electrons. The van der Waals surface area contributed by atoms with Gasteiger partial charge in [-0.1, -0.05) is 54.1 Å². The van der Waals surface area contributed by atoms with Crippen LogP contribution in [0.1, 0.15) is 21.8 Å². The van der Waals surface area contributed by atoms with E-state index in [2.05, 4.69) is 5.32 Å². The molecule has 0 saturated carbocycles. The van der Waals surface area contributed by atoms with E-state index in [1.165, 1.54) is 0 Å². The molecular weight excluding hydrogens is 364 g/mol. The van der Waals surface area contributed by atoms with Crippen LogP contribution < -0.4 is 5.32 Å². The van der Waals surface area contributed by atoms with Crippen LogP contribution in [0.3, 0.4) is 0 Å². The van der Waals surface area contributed by atoms with Crippen molar-refractivity contribution >= 4 is 23.4 Å². The number of likely N-dealkylation sites (tertiary alicyclic amines) is 1. The zero-order valence-electron chi connectivity index (χ0n) is 15.2. The van der Waals surface area contributed by atoms with Crippen LogP contribution in [0.25, 0.3) is 0 Å². The van der Waals surface area contributed by atoms with Crippen LogP contribution in [0.15, 0.2) is 54.6 Å². The Bertz CT molecular complexity index is 797. The Morgan fingerprint density at radius 1 is 1.11 bits per heavy atom. The standard InChI is InChI=1S/C21H23ClN2O3/c1-27-12-11-23-20(25)18-14-24(13-17(18)15-7-3-2-4-8-15)21(26)16-9-5-6-10-19(16)22/h2-10,17-18H,11-14H2,1H3,(H,23,25). The van der Waals surface area contributed by atoms with Gasteiger partial charge in [-0.05, 0) is 17.7 Å². The van der Waals surface area contributed by atoms with E-state index in [4.69, 9.17) is 16.3 Å². The molecule has 5 nitrogen and oxygen atoms in total. The average molecular weight is 387 g/mol. The average Bonchev–Trinajstić information content (AvgIpc) is 3.14. The molecule has 0 aromatic heterocycles. The first-order valence-electron chi connectivity index (χ1n) is 8.97. The first-order valence-corrected chi connectivity index (χ1v) is 9.35. The van der Waals surface area contributed by atoms with Crippen molar-refractivity contribution in [3.8, 4) is 0 Å². The highest BCUT2D eigenvalue weighted by Crippen LogP contribution is 2.34. The summed E-state index contributed by atoms with van der Waals surface area (Å²) in [6.45, 7) is 1.75. The molecule has 2 aromatic rings. The zero-order chi connectivity index (χ0) is 19.2. The Kier molecular flexibility index (Phi) is 6.48. The van der Waals surface area contributed by atoms with Gasteiger partial charge in [-0.25, -0.2) is 0 Å². The Morgan fingerprint density at radius 3 is 2.52 bits per heavy atom. The van der Waals surface area contributed by atoms with Gasteiger partial charge in [0.15, 0.2) is 0 Å². The number of carbonyl (C=O) groups excluding carboxylic acids is 2. The van der Waals surface area contributed by atoms with Crippen LogP contribution in [-0.4, -0.2) is 50.1 Å². The number of amides is 2. The largest absolute Gasteiger partial charge is 0.383 e. The van der Waals surface area contributed by atoms with Crippen molar-refractivity contribution in [3.05, 3.63) is 70.7 Å². The maximum Gasteiger partial charge on any atom is 0.255 e. The van der Waals surface area contributed by atoms with E-state index in [0.29, 0.717) is 36.8 Å². The van der Waals surface area contributed by atoms with Gasteiger partial charge in [-0.2, -0.15) is 0 Å². The Morgan fingerprint density at radius 2 is 1.81 bits per heavy atom. The van der Waals surface area contributed by atoms with Gasteiger partial charge in [0.1, 0.15) is 0 Å². The second-order valence-electron chi connectivity index (χ2n) is 6.60. The van der Waals surface area contributed by atoms with Crippen LogP contribution in [0.4, 0.5) is 0 Å². The number of nitrogens with zero attached hydrogens (tertiary/aromatic N) is 1. The number of methoxy groups -OCH3 is 1. The molecule has 1 aliphatic rings. The molecule has 1 N–H and O–H groups in total. The van der Waals surface area contributed by atoms with Crippen LogP contribution in [0, 0.1) is 5.92 Å². The molecule has 0 bridgehead atoms. The van der Waals surface area contributed by atoms with Crippen molar-refractivity contribution in [1.29, 1.82) is 0 Å². The number of rotatable bonds is 6. The molecule has 2 amide bonds. The van der Waals surface area contributed by atoms with Crippen molar-refractivity contribution < 1.29 is 14.3 Å². The molecular formula is C21H23ClN2O3. The van der Waals surface area contributed by atoms with Crippen LogP contribution in [-0.2, 0) is 9.53 Å². The summed E-state index contributed by atoms with van der Waals surface area (Å²) in [5.74, 6) is -0.569. The fraction of sp³-hybridized carbons (Fsp3) is 0.333. The number of halogens is 1. The number of nitrogens with one attached hydrogen (secondary N) is 1. The molecule has 1 fully saturated rings. The highest BCUT2D eigenvalue weighted by atomic mass is 35.5. The van der Waals surface area contributed by atoms with Gasteiger partial charge in [0.05, 0.1) is 23.1 Å². The van der Waals surface area contributed by atoms with Gasteiger partial charge in [-0.3, -0.25) is 9.59 Å². The number of benzene rings is 2. The van der Waals surface area contributed by atoms with Gasteiger partial charge in [0.2, 0.25) is 5.91 Å². The Hall–Kier alpha value is -2.37. The quantitative estimate of drug-likeness (QED) is 0.776. The van der Waals surface area contributed by atoms with E-state index in [9.17, 15) is 9.59 Å². The minimum Gasteiger partial charge on any atom is -0.383 e. The highest BCUT2D eigenvalue weighted by molar-refractivity contribution is 6.33. The Balaban J connectivity index is 1.81. The molecule has 0 aliphatic carbocycles. The molecule has 142 valence electrons. The topological polar surface area (TPSA) is 58.6 Å². The molecule has 2 unspecified atom stereocenters. The lowest BCUT2D eigenvalue weighted by Crippen LogP contribution is -2.37. The third kappa shape index (κ3) is 4.49. The van der Waals surface area contributed by atoms with E-state index >= 15 is 0 Å². The van der Waals surface area contributed by atoms with Crippen LogP contribution in [0.2, 0.25) is 5.02 Å². The van der Waals surface area contributed by atoms with E-state index in [-0.39, 0.29) is 23.7 Å². The van der Waals surface area contributed by atoms with Gasteiger partial charge < -0.3 is 15.0 Å². The summed E-state index contributed by atoms with van der Waals surface area (Å²) >= 11 is 6.19. The SMILES string of the molecule is COCCNC(=O)C1CN(C(=O)c2ccccc2Cl)CC1c1ccccc1. The number of hydrogen-bond donors (Lipinski definition) is 1. The highest BCUT2D eigenvalue weighted by Gasteiger charge is 2.40. The maximum atomic E-state index is 13.0. The Labute approximate surface area is 164 Å². The zero-order valence-corrected chi connectivity index (χ0v) is 16.0. The molecule has 1 heterocycles. The summed E-state index contributed by atoms with van der Waals surface area (Å²) in [5.41, 5.74) is 1.52. The molecule has 2 aromatic carbocycles. The predicted octanol–water partition coefficient (Wildman–Crippen LogP) is 2.96. The summed E-state index contributed by atoms with van der Waals surface area (Å²) in [7, 11) is 1.60. The minimum absolute atomic E-state index is 0.0554. The second-order valence-corrected chi connectivity index (χ2v) is 7.00. The van der Waals surface area contributed by atoms with Gasteiger partial charge in [0.25, 0.3) is 5.91 Å². The van der Waals surface area contributed by atoms with Crippen molar-refractivity contribution in [1.82, 2.24) is 10.2 Å². The first-order chi connectivity index (χ1) is 13.1. The minimum atomic E-state index is -0.310. The monoisotopic (exact) mass is 386 g/mol. The van der Waals surface area contributed by atoms with Crippen LogP contribution >= 0.6 is 11.6 Å². The fourth-order valence-electron chi connectivity index (χ4n) is 3.49. The maximum absolute atomic E-state index is 13.0. The van der Waals surface area contributed by atoms with E-state index in [1.807, 2.05) is 30.3 Å². The number of ether oxygens (including phenoxy) is 1. The van der Waals surface area contributed by atoms with Gasteiger partial charge >= 0.3 is 0 Å². The van der Waals surface area contributed by atoms with E-state index in [1.54, 1.807) is 36.3 Å². The summed E-state index contributed by atoms with van der Waals surface area (Å²) in [5, 5.41) is 3.33. The van der Waals surface area contributed by atoms with Crippen molar-refractivity contribution in [3.63, 3.8) is 0 Å². The third-order valence-electron chi connectivity index (χ3n) is 4.88. The normalized spacial score (nSPS) is 19.1. The first kappa shape index (κ1) is 19.4. The van der Waals surface area contributed by atoms with Gasteiger partial charge in [0, 0.05) is 32.7 Å². The van der Waals surface area contributed by atoms with Crippen molar-refractivity contribution in [2.75, 3.05) is 33.4 Å². The molecule has 1 saturated heterocycles. The summed E-state index contributed by atoms with van der Waals surface area (Å²) in [6.07, 6.45) is 0. The smallest absolute Gasteiger partial charge is 0.255 e. The predicted molar refractivity (Wildman–Crippen MR) is 105 cm³/mol. The van der Waals surface area contributed by atoms with Crippen molar-refractivity contribution in [2.24, 2.45) is 5.92 Å². The van der Waals surface area contributed by atoms with Gasteiger partial charge in [-0.15, -0.1) is 0 Å². The summed E-state index contributed by atoms with van der Waals surface area (Å²) in [4.78, 5) is 27.4. The van der Waals surface area contributed by atoms with E-state index < -0.39 is 0 Å². The van der Waals surface area contributed by atoms with Crippen LogP contribution in [0.5, 0.6) is 0 Å². The number of hydrogen-bond acceptors (Lipinski definition) is 3. The van der Waals surface area contributed by atoms with Crippen molar-refractivity contribution in [2.45, 2.75) is 5.92 Å². The molecule has 1 aliphatic heterocycles. The molecule has 6 heteroatoms. The second kappa shape index (κ2) is 9.02. The molecule has 27 heavy (non-hydrogen) atoms. The molecule has 0 spiro atoms. The fourth-order valence-corrected chi connectivity index (χ4v) is 3.70. The molecule has 2 atom stereocenters. The third-order valence-corrected chi connectivity index (χ3v) is 5.21. The van der Waals surface area contributed by atoms with E-state index in [0.717, 1.165) is 5.56 Å².